The first-order chi connectivity index (χ1) is 11.4. The van der Waals surface area contributed by atoms with E-state index in [1.165, 1.54) is 11.3 Å². The lowest BCUT2D eigenvalue weighted by Crippen LogP contribution is -2.37. The molecule has 1 unspecified atom stereocenters. The minimum absolute atomic E-state index is 0.0366. The Hall–Kier alpha value is -1.55. The average Bonchev–Trinajstić information content (AvgIpc) is 3.02. The molecular formula is C14H19N5O3S2. The van der Waals surface area contributed by atoms with Crippen LogP contribution >= 0.6 is 11.3 Å². The summed E-state index contributed by atoms with van der Waals surface area (Å²) >= 11 is 1.46. The van der Waals surface area contributed by atoms with Crippen LogP contribution in [0, 0.1) is 0 Å². The van der Waals surface area contributed by atoms with Crippen molar-refractivity contribution in [1.29, 1.82) is 0 Å². The standard InChI is InChI=1S/C14H19N5O3S2/c1-18(10-6-7-24(21,22)8-10)12(20)5-4-11-17-19-13(9-2-3-9)15-16-14(19)23-11/h9-10H,2-8H2,1H3. The summed E-state index contributed by atoms with van der Waals surface area (Å²) in [5.74, 6) is 1.62. The van der Waals surface area contributed by atoms with Gasteiger partial charge in [0.1, 0.15) is 5.01 Å². The van der Waals surface area contributed by atoms with E-state index in [4.69, 9.17) is 0 Å². The summed E-state index contributed by atoms with van der Waals surface area (Å²) in [6.07, 6.45) is 3.69. The topological polar surface area (TPSA) is 97.5 Å². The fraction of sp³-hybridized carbons (Fsp3) is 0.714. The molecule has 1 aliphatic carbocycles. The van der Waals surface area contributed by atoms with Crippen molar-refractivity contribution in [3.63, 3.8) is 0 Å². The molecular weight excluding hydrogens is 350 g/mol. The Kier molecular flexibility index (Phi) is 3.83. The van der Waals surface area contributed by atoms with Crippen molar-refractivity contribution >= 4 is 32.0 Å². The Morgan fingerprint density at radius 1 is 1.33 bits per heavy atom. The molecule has 1 aliphatic heterocycles. The van der Waals surface area contributed by atoms with Gasteiger partial charge in [0.2, 0.25) is 10.9 Å². The van der Waals surface area contributed by atoms with E-state index >= 15 is 0 Å². The van der Waals surface area contributed by atoms with Crippen LogP contribution in [0.4, 0.5) is 0 Å². The first-order valence-corrected chi connectivity index (χ1v) is 10.7. The number of fused-ring (bicyclic) bond motifs is 1. The minimum atomic E-state index is -2.98. The Morgan fingerprint density at radius 3 is 2.79 bits per heavy atom. The molecule has 1 saturated carbocycles. The molecule has 2 aromatic heterocycles. The van der Waals surface area contributed by atoms with Crippen LogP contribution in [0.5, 0.6) is 0 Å². The van der Waals surface area contributed by atoms with Crippen molar-refractivity contribution in [3.05, 3.63) is 10.8 Å². The number of carbonyl (C=O) groups excluding carboxylic acids is 1. The van der Waals surface area contributed by atoms with Crippen molar-refractivity contribution in [1.82, 2.24) is 24.7 Å². The zero-order valence-electron chi connectivity index (χ0n) is 13.4. The maximum absolute atomic E-state index is 12.3. The van der Waals surface area contributed by atoms with Crippen molar-refractivity contribution in [2.45, 2.75) is 44.1 Å². The van der Waals surface area contributed by atoms with E-state index in [9.17, 15) is 13.2 Å². The lowest BCUT2D eigenvalue weighted by atomic mass is 10.2. The molecule has 0 aromatic carbocycles. The van der Waals surface area contributed by atoms with Gasteiger partial charge in [-0.25, -0.2) is 8.42 Å². The normalized spacial score (nSPS) is 23.0. The van der Waals surface area contributed by atoms with Crippen LogP contribution in [0.2, 0.25) is 0 Å². The number of aromatic nitrogens is 4. The highest BCUT2D eigenvalue weighted by Crippen LogP contribution is 2.39. The third-order valence-electron chi connectivity index (χ3n) is 4.70. The highest BCUT2D eigenvalue weighted by atomic mass is 32.2. The Labute approximate surface area is 143 Å². The Bertz CT molecular complexity index is 883. The molecule has 24 heavy (non-hydrogen) atoms. The summed E-state index contributed by atoms with van der Waals surface area (Å²) in [5.41, 5.74) is 0. The van der Waals surface area contributed by atoms with Gasteiger partial charge in [-0.2, -0.15) is 9.61 Å². The second-order valence-corrected chi connectivity index (χ2v) is 9.85. The van der Waals surface area contributed by atoms with Gasteiger partial charge in [-0.3, -0.25) is 4.79 Å². The highest BCUT2D eigenvalue weighted by Gasteiger charge is 2.33. The highest BCUT2D eigenvalue weighted by molar-refractivity contribution is 7.91. The number of sulfone groups is 1. The van der Waals surface area contributed by atoms with Crippen LogP contribution in [0.15, 0.2) is 0 Å². The lowest BCUT2D eigenvalue weighted by molar-refractivity contribution is -0.131. The summed E-state index contributed by atoms with van der Waals surface area (Å²) in [4.78, 5) is 14.7. The van der Waals surface area contributed by atoms with Gasteiger partial charge in [-0.15, -0.1) is 10.2 Å². The quantitative estimate of drug-likeness (QED) is 0.767. The van der Waals surface area contributed by atoms with Crippen LogP contribution < -0.4 is 0 Å². The number of nitrogens with zero attached hydrogens (tertiary/aromatic N) is 5. The minimum Gasteiger partial charge on any atom is -0.342 e. The third-order valence-corrected chi connectivity index (χ3v) is 7.41. The van der Waals surface area contributed by atoms with Gasteiger partial charge in [0, 0.05) is 31.8 Å². The van der Waals surface area contributed by atoms with E-state index < -0.39 is 9.84 Å². The molecule has 1 atom stereocenters. The lowest BCUT2D eigenvalue weighted by Gasteiger charge is -2.23. The number of hydrogen-bond acceptors (Lipinski definition) is 7. The van der Waals surface area contributed by atoms with Gasteiger partial charge in [0.05, 0.1) is 11.5 Å². The second kappa shape index (κ2) is 5.76. The van der Waals surface area contributed by atoms with E-state index in [0.29, 0.717) is 25.2 Å². The van der Waals surface area contributed by atoms with Crippen molar-refractivity contribution < 1.29 is 13.2 Å². The number of hydrogen-bond donors (Lipinski definition) is 0. The molecule has 10 heteroatoms. The van der Waals surface area contributed by atoms with Gasteiger partial charge in [0.25, 0.3) is 0 Å². The van der Waals surface area contributed by atoms with Crippen molar-refractivity contribution in [2.24, 2.45) is 0 Å². The molecule has 0 bridgehead atoms. The molecule has 1 saturated heterocycles. The molecule has 3 heterocycles. The summed E-state index contributed by atoms with van der Waals surface area (Å²) in [7, 11) is -1.29. The van der Waals surface area contributed by atoms with Crippen LogP contribution in [0.3, 0.4) is 0 Å². The van der Waals surface area contributed by atoms with Gasteiger partial charge in [0.15, 0.2) is 15.7 Å². The molecule has 1 amide bonds. The fourth-order valence-corrected chi connectivity index (χ4v) is 5.66. The maximum atomic E-state index is 12.3. The third kappa shape index (κ3) is 3.04. The van der Waals surface area contributed by atoms with Gasteiger partial charge >= 0.3 is 0 Å². The van der Waals surface area contributed by atoms with E-state index in [-0.39, 0.29) is 23.5 Å². The fourth-order valence-electron chi connectivity index (χ4n) is 3.04. The number of rotatable bonds is 5. The zero-order chi connectivity index (χ0) is 16.9. The predicted molar refractivity (Wildman–Crippen MR) is 88.8 cm³/mol. The average molecular weight is 369 g/mol. The van der Waals surface area contributed by atoms with E-state index in [1.807, 2.05) is 0 Å². The largest absolute Gasteiger partial charge is 0.342 e. The smallest absolute Gasteiger partial charge is 0.234 e. The monoisotopic (exact) mass is 369 g/mol. The zero-order valence-corrected chi connectivity index (χ0v) is 15.0. The van der Waals surface area contributed by atoms with Crippen LogP contribution in [-0.2, 0) is 21.1 Å². The number of amides is 1. The van der Waals surface area contributed by atoms with Crippen molar-refractivity contribution in [2.75, 3.05) is 18.6 Å². The molecule has 0 spiro atoms. The second-order valence-electron chi connectivity index (χ2n) is 6.58. The molecule has 2 aromatic rings. The summed E-state index contributed by atoms with van der Waals surface area (Å²) in [6.45, 7) is 0. The molecule has 130 valence electrons. The first kappa shape index (κ1) is 15.9. The molecule has 4 rings (SSSR count). The summed E-state index contributed by atoms with van der Waals surface area (Å²) in [5, 5.41) is 13.7. The predicted octanol–water partition coefficient (Wildman–Crippen LogP) is 0.641. The summed E-state index contributed by atoms with van der Waals surface area (Å²) < 4.78 is 24.9. The van der Waals surface area contributed by atoms with Crippen LogP contribution in [0.1, 0.15) is 42.4 Å². The Morgan fingerprint density at radius 2 is 2.12 bits per heavy atom. The number of aryl methyl sites for hydroxylation is 1. The van der Waals surface area contributed by atoms with Crippen LogP contribution in [0.25, 0.3) is 4.96 Å². The molecule has 0 N–H and O–H groups in total. The molecule has 8 nitrogen and oxygen atoms in total. The SMILES string of the molecule is CN(C(=O)CCc1nn2c(C3CC3)nnc2s1)C1CCS(=O)(=O)C1. The van der Waals surface area contributed by atoms with E-state index in [1.54, 1.807) is 16.5 Å². The van der Waals surface area contributed by atoms with Crippen LogP contribution in [-0.4, -0.2) is 63.6 Å². The van der Waals surface area contributed by atoms with Gasteiger partial charge in [-0.1, -0.05) is 11.3 Å². The van der Waals surface area contributed by atoms with Gasteiger partial charge in [-0.05, 0) is 19.3 Å². The molecule has 2 aliphatic rings. The molecule has 0 radical (unpaired) electrons. The van der Waals surface area contributed by atoms with E-state index in [2.05, 4.69) is 15.3 Å². The maximum Gasteiger partial charge on any atom is 0.234 e. The summed E-state index contributed by atoms with van der Waals surface area (Å²) in [6, 6.07) is -0.193. The number of carbonyl (C=O) groups is 1. The van der Waals surface area contributed by atoms with Crippen molar-refractivity contribution in [3.8, 4) is 0 Å². The Balaban J connectivity index is 1.38. The van der Waals surface area contributed by atoms with E-state index in [0.717, 1.165) is 28.6 Å². The first-order valence-electron chi connectivity index (χ1n) is 8.10. The molecule has 2 fully saturated rings. The van der Waals surface area contributed by atoms with Gasteiger partial charge < -0.3 is 4.90 Å².